The van der Waals surface area contributed by atoms with Gasteiger partial charge in [0.15, 0.2) is 0 Å². The lowest BCUT2D eigenvalue weighted by molar-refractivity contribution is -0.274. The topological polar surface area (TPSA) is 79.9 Å². The van der Waals surface area contributed by atoms with E-state index in [1.807, 2.05) is 4.90 Å². The van der Waals surface area contributed by atoms with E-state index in [9.17, 15) is 22.8 Å². The highest BCUT2D eigenvalue weighted by Gasteiger charge is 2.30. The number of carbonyl (C=O) groups is 2. The van der Waals surface area contributed by atoms with Crippen molar-refractivity contribution in [2.75, 3.05) is 43.5 Å². The molecule has 0 unspecified atom stereocenters. The quantitative estimate of drug-likeness (QED) is 0.696. The number of halogens is 3. The summed E-state index contributed by atoms with van der Waals surface area (Å²) in [4.78, 5) is 26.3. The molecule has 0 saturated carbocycles. The number of nitrogens with zero attached hydrogens (tertiary/aromatic N) is 1. The Bertz CT molecular complexity index is 880. The predicted molar refractivity (Wildman–Crippen MR) is 108 cm³/mol. The van der Waals surface area contributed by atoms with Gasteiger partial charge in [-0.3, -0.25) is 14.5 Å². The van der Waals surface area contributed by atoms with Crippen LogP contribution in [0.25, 0.3) is 0 Å². The minimum atomic E-state index is -4.76. The van der Waals surface area contributed by atoms with E-state index in [1.54, 1.807) is 24.3 Å². The van der Waals surface area contributed by atoms with E-state index >= 15 is 0 Å². The maximum absolute atomic E-state index is 12.2. The van der Waals surface area contributed by atoms with Gasteiger partial charge in [-0.1, -0.05) is 12.1 Å². The van der Waals surface area contributed by atoms with Crippen LogP contribution in [0, 0.1) is 0 Å². The average Bonchev–Trinajstić information content (AvgIpc) is 2.70. The molecule has 3 rings (SSSR count). The first kappa shape index (κ1) is 22.6. The van der Waals surface area contributed by atoms with Gasteiger partial charge in [0.25, 0.3) is 0 Å². The minimum absolute atomic E-state index is 0.00959. The maximum Gasteiger partial charge on any atom is 0.573 e. The van der Waals surface area contributed by atoms with E-state index in [-0.39, 0.29) is 30.5 Å². The van der Waals surface area contributed by atoms with Crippen molar-refractivity contribution in [1.29, 1.82) is 0 Å². The number of benzene rings is 2. The number of carbonyl (C=O) groups excluding carboxylic acids is 2. The molecular formula is C21H22F3N3O4. The van der Waals surface area contributed by atoms with E-state index in [0.717, 1.165) is 25.2 Å². The zero-order valence-electron chi connectivity index (χ0n) is 16.6. The van der Waals surface area contributed by atoms with Crippen LogP contribution in [0.2, 0.25) is 0 Å². The van der Waals surface area contributed by atoms with E-state index < -0.39 is 6.36 Å². The second kappa shape index (κ2) is 10.3. The summed E-state index contributed by atoms with van der Waals surface area (Å²) in [6, 6.07) is 11.8. The van der Waals surface area contributed by atoms with Crippen molar-refractivity contribution >= 4 is 23.2 Å². The van der Waals surface area contributed by atoms with E-state index in [4.69, 9.17) is 4.74 Å². The fourth-order valence-electron chi connectivity index (χ4n) is 3.00. The Morgan fingerprint density at radius 2 is 1.45 bits per heavy atom. The number of rotatable bonds is 7. The van der Waals surface area contributed by atoms with Crippen molar-refractivity contribution in [2.45, 2.75) is 12.8 Å². The molecule has 0 aromatic heterocycles. The number of anilines is 2. The zero-order valence-corrected chi connectivity index (χ0v) is 16.6. The Labute approximate surface area is 177 Å². The molecule has 2 N–H and O–H groups in total. The van der Waals surface area contributed by atoms with Crippen molar-refractivity contribution in [3.63, 3.8) is 0 Å². The molecule has 0 bridgehead atoms. The summed E-state index contributed by atoms with van der Waals surface area (Å²) < 4.78 is 45.6. The van der Waals surface area contributed by atoms with Crippen LogP contribution in [-0.4, -0.2) is 55.9 Å². The number of ether oxygens (including phenoxy) is 2. The van der Waals surface area contributed by atoms with E-state index in [2.05, 4.69) is 15.4 Å². The molecule has 10 heteroatoms. The number of hydrogen-bond donors (Lipinski definition) is 2. The fraction of sp³-hybridized carbons (Fsp3) is 0.333. The van der Waals surface area contributed by atoms with Gasteiger partial charge in [0.05, 0.1) is 26.2 Å². The first-order valence-electron chi connectivity index (χ1n) is 9.61. The van der Waals surface area contributed by atoms with E-state index in [1.165, 1.54) is 12.1 Å². The molecule has 31 heavy (non-hydrogen) atoms. The van der Waals surface area contributed by atoms with Gasteiger partial charge in [0, 0.05) is 24.5 Å². The van der Waals surface area contributed by atoms with Crippen LogP contribution >= 0.6 is 0 Å². The number of amides is 2. The first-order chi connectivity index (χ1) is 14.8. The fourth-order valence-corrected chi connectivity index (χ4v) is 3.00. The van der Waals surface area contributed by atoms with Gasteiger partial charge in [-0.15, -0.1) is 13.2 Å². The van der Waals surface area contributed by atoms with Crippen molar-refractivity contribution in [2.24, 2.45) is 0 Å². The average molecular weight is 437 g/mol. The van der Waals surface area contributed by atoms with Crippen molar-refractivity contribution in [3.8, 4) is 5.75 Å². The third-order valence-electron chi connectivity index (χ3n) is 4.44. The molecule has 2 amide bonds. The Kier molecular flexibility index (Phi) is 7.48. The lowest BCUT2D eigenvalue weighted by Gasteiger charge is -2.25. The summed E-state index contributed by atoms with van der Waals surface area (Å²) in [6.45, 7) is 2.96. The summed E-state index contributed by atoms with van der Waals surface area (Å²) in [7, 11) is 0. The van der Waals surface area contributed by atoms with Gasteiger partial charge in [0.2, 0.25) is 11.8 Å². The van der Waals surface area contributed by atoms with Crippen LogP contribution in [0.1, 0.15) is 5.56 Å². The largest absolute Gasteiger partial charge is 0.573 e. The standard InChI is InChI=1S/C21H22F3N3O4/c22-21(23,24)31-18-7-1-15(2-8-18)13-19(28)25-16-3-5-17(6-4-16)26-20(29)14-27-9-11-30-12-10-27/h1-8H,9-14H2,(H,25,28)(H,26,29). The van der Waals surface area contributed by atoms with Gasteiger partial charge in [0.1, 0.15) is 5.75 Å². The Morgan fingerprint density at radius 3 is 2.00 bits per heavy atom. The number of morpholine rings is 1. The molecule has 2 aromatic rings. The van der Waals surface area contributed by atoms with Gasteiger partial charge in [-0.25, -0.2) is 0 Å². The van der Waals surface area contributed by atoms with Crippen molar-refractivity contribution in [3.05, 3.63) is 54.1 Å². The third kappa shape index (κ3) is 7.91. The van der Waals surface area contributed by atoms with Crippen LogP contribution in [-0.2, 0) is 20.7 Å². The summed E-state index contributed by atoms with van der Waals surface area (Å²) in [5, 5.41) is 5.51. The van der Waals surface area contributed by atoms with Crippen molar-refractivity contribution < 1.29 is 32.2 Å². The molecule has 7 nitrogen and oxygen atoms in total. The highest BCUT2D eigenvalue weighted by molar-refractivity contribution is 5.94. The molecule has 1 heterocycles. The van der Waals surface area contributed by atoms with Crippen LogP contribution in [0.4, 0.5) is 24.5 Å². The molecule has 0 spiro atoms. The summed E-state index contributed by atoms with van der Waals surface area (Å²) >= 11 is 0. The minimum Gasteiger partial charge on any atom is -0.406 e. The molecule has 1 aliphatic heterocycles. The van der Waals surface area contributed by atoms with Crippen LogP contribution in [0.3, 0.4) is 0 Å². The van der Waals surface area contributed by atoms with Gasteiger partial charge < -0.3 is 20.1 Å². The lowest BCUT2D eigenvalue weighted by Crippen LogP contribution is -2.41. The van der Waals surface area contributed by atoms with Gasteiger partial charge in [-0.05, 0) is 42.0 Å². The maximum atomic E-state index is 12.2. The highest BCUT2D eigenvalue weighted by atomic mass is 19.4. The first-order valence-corrected chi connectivity index (χ1v) is 9.61. The molecular weight excluding hydrogens is 415 g/mol. The molecule has 0 atom stereocenters. The summed E-state index contributed by atoms with van der Waals surface area (Å²) in [5.41, 5.74) is 1.68. The van der Waals surface area contributed by atoms with Crippen LogP contribution in [0.15, 0.2) is 48.5 Å². The normalized spacial score (nSPS) is 14.7. The second-order valence-corrected chi connectivity index (χ2v) is 6.93. The molecule has 2 aromatic carbocycles. The summed E-state index contributed by atoms with van der Waals surface area (Å²) in [6.07, 6.45) is -4.77. The number of alkyl halides is 3. The second-order valence-electron chi connectivity index (χ2n) is 6.93. The Hall–Kier alpha value is -3.11. The van der Waals surface area contributed by atoms with Gasteiger partial charge >= 0.3 is 6.36 Å². The van der Waals surface area contributed by atoms with Gasteiger partial charge in [-0.2, -0.15) is 0 Å². The monoisotopic (exact) mass is 437 g/mol. The van der Waals surface area contributed by atoms with E-state index in [0.29, 0.717) is 30.2 Å². The van der Waals surface area contributed by atoms with Crippen molar-refractivity contribution in [1.82, 2.24) is 4.90 Å². The molecule has 1 fully saturated rings. The molecule has 1 aliphatic rings. The molecule has 0 radical (unpaired) electrons. The zero-order chi connectivity index (χ0) is 22.3. The lowest BCUT2D eigenvalue weighted by atomic mass is 10.1. The number of hydrogen-bond acceptors (Lipinski definition) is 5. The number of nitrogens with one attached hydrogen (secondary N) is 2. The van der Waals surface area contributed by atoms with Crippen LogP contribution in [0.5, 0.6) is 5.75 Å². The summed E-state index contributed by atoms with van der Waals surface area (Å²) in [5.74, 6) is -0.798. The highest BCUT2D eigenvalue weighted by Crippen LogP contribution is 2.23. The smallest absolute Gasteiger partial charge is 0.406 e. The molecule has 166 valence electrons. The Morgan fingerprint density at radius 1 is 0.903 bits per heavy atom. The molecule has 1 saturated heterocycles. The third-order valence-corrected chi connectivity index (χ3v) is 4.44. The Balaban J connectivity index is 1.45. The predicted octanol–water partition coefficient (Wildman–Crippen LogP) is 3.04. The molecule has 0 aliphatic carbocycles. The van der Waals surface area contributed by atoms with Crippen LogP contribution < -0.4 is 15.4 Å². The SMILES string of the molecule is O=C(Cc1ccc(OC(F)(F)F)cc1)Nc1ccc(NC(=O)CN2CCOCC2)cc1.